The number of methoxy groups -OCH3 is 1. The number of esters is 14. The molecule has 18 aliphatic rings. The molecule has 0 heterocycles. The maximum atomic E-state index is 11.9. The number of carbonyl (C=O) groups excluding carboxylic acids is 15. The van der Waals surface area contributed by atoms with Gasteiger partial charge in [0.2, 0.25) is 0 Å². The van der Waals surface area contributed by atoms with E-state index in [0.29, 0.717) is 71.3 Å². The summed E-state index contributed by atoms with van der Waals surface area (Å²) in [5, 5.41) is 0. The van der Waals surface area contributed by atoms with E-state index < -0.39 is 66.3 Å². The predicted octanol–water partition coefficient (Wildman–Crippen LogP) is 18.5. The first-order chi connectivity index (χ1) is 64.6. The Morgan fingerprint density at radius 1 is 0.292 bits per heavy atom. The quantitative estimate of drug-likeness (QED) is 0.0419. The zero-order valence-corrected chi connectivity index (χ0v) is 83.7. The van der Waals surface area contributed by atoms with Crippen LogP contribution in [0.2, 0.25) is 0 Å². The molecule has 0 amide bonds. The molecule has 762 valence electrons. The van der Waals surface area contributed by atoms with Gasteiger partial charge >= 0.3 is 83.6 Å². The average molecular weight is 1920 g/mol. The van der Waals surface area contributed by atoms with Gasteiger partial charge in [0.25, 0.3) is 0 Å². The lowest BCUT2D eigenvalue weighted by Gasteiger charge is -2.55. The molecule has 0 aromatic heterocycles. The van der Waals surface area contributed by atoms with Gasteiger partial charge in [0.15, 0.2) is 33.0 Å². The maximum Gasteiger partial charge on any atom is 0.344 e. The first-order valence-electron chi connectivity index (χ1n) is 49.6. The fourth-order valence-electron chi connectivity index (χ4n) is 23.2. The summed E-state index contributed by atoms with van der Waals surface area (Å²) in [6, 6.07) is 0. The normalized spacial score (nSPS) is 28.3. The number of fused-ring (bicyclic) bond motifs is 5. The fraction of sp³-hybridized carbons (Fsp3) is 0.694. The Morgan fingerprint density at radius 2 is 0.606 bits per heavy atom. The Kier molecular flexibility index (Phi) is 45.8. The Labute approximate surface area is 811 Å². The van der Waals surface area contributed by atoms with E-state index in [4.69, 9.17) is 47.4 Å². The van der Waals surface area contributed by atoms with Crippen molar-refractivity contribution in [2.45, 2.75) is 355 Å². The van der Waals surface area contributed by atoms with Crippen LogP contribution in [0, 0.1) is 82.9 Å². The summed E-state index contributed by atoms with van der Waals surface area (Å²) < 4.78 is 70.4. The molecule has 137 heavy (non-hydrogen) atoms. The van der Waals surface area contributed by atoms with E-state index >= 15 is 0 Å². The van der Waals surface area contributed by atoms with Crippen molar-refractivity contribution in [2.75, 3.05) is 40.1 Å². The number of ketones is 1. The zero-order valence-electron chi connectivity index (χ0n) is 83.7. The third kappa shape index (κ3) is 38.2. The predicted molar refractivity (Wildman–Crippen MR) is 508 cm³/mol. The van der Waals surface area contributed by atoms with Gasteiger partial charge in [0.1, 0.15) is 47.5 Å². The van der Waals surface area contributed by atoms with E-state index in [1.54, 1.807) is 48.5 Å². The van der Waals surface area contributed by atoms with E-state index in [0.717, 1.165) is 149 Å². The van der Waals surface area contributed by atoms with Crippen LogP contribution in [0.5, 0.6) is 0 Å². The molecule has 29 nitrogen and oxygen atoms in total. The summed E-state index contributed by atoms with van der Waals surface area (Å²) in [4.78, 5) is 167. The van der Waals surface area contributed by atoms with Crippen LogP contribution in [-0.2, 0) is 138 Å². The summed E-state index contributed by atoms with van der Waals surface area (Å²) >= 11 is 0. The van der Waals surface area contributed by atoms with Crippen LogP contribution in [0.25, 0.3) is 0 Å². The lowest BCUT2D eigenvalue weighted by molar-refractivity contribution is -0.192. The molecule has 0 saturated heterocycles. The minimum atomic E-state index is -0.610. The third-order valence-corrected chi connectivity index (χ3v) is 28.4. The van der Waals surface area contributed by atoms with Gasteiger partial charge < -0.3 is 66.3 Å². The third-order valence-electron chi connectivity index (χ3n) is 28.4. The van der Waals surface area contributed by atoms with E-state index in [1.165, 1.54) is 157 Å². The monoisotopic (exact) mass is 1920 g/mol. The molecule has 18 rings (SSSR count). The van der Waals surface area contributed by atoms with E-state index in [1.807, 2.05) is 0 Å². The summed E-state index contributed by atoms with van der Waals surface area (Å²) in [5.74, 6) is 5.11. The van der Waals surface area contributed by atoms with E-state index in [-0.39, 0.29) is 126 Å². The second-order valence-electron chi connectivity index (χ2n) is 41.6. The Morgan fingerprint density at radius 3 is 0.971 bits per heavy atom. The first kappa shape index (κ1) is 114. The van der Waals surface area contributed by atoms with E-state index in [9.17, 15) is 71.9 Å². The van der Waals surface area contributed by atoms with Crippen molar-refractivity contribution in [3.8, 4) is 0 Å². The van der Waals surface area contributed by atoms with Crippen molar-refractivity contribution in [1.29, 1.82) is 0 Å². The van der Waals surface area contributed by atoms with Crippen molar-refractivity contribution >= 4 is 89.4 Å². The van der Waals surface area contributed by atoms with Crippen LogP contribution in [0.4, 0.5) is 0 Å². The van der Waals surface area contributed by atoms with Crippen molar-refractivity contribution in [2.24, 2.45) is 82.9 Å². The molecule has 0 aromatic rings. The van der Waals surface area contributed by atoms with Gasteiger partial charge in [0, 0.05) is 63.0 Å². The van der Waals surface area contributed by atoms with Crippen LogP contribution >= 0.6 is 0 Å². The molecule has 0 radical (unpaired) electrons. The standard InChI is InChI=1S/C16H22O4.3C14H20O2.C12H16O5.C12H18O4.C10H16O2.C9H14O4.C7H10O4/c1-10(2)15(18)19-9-14(17)20-16-6-11-3-12(7-16)5-13(4-11)8-16;1-9(2)13(15)16-14-6-10-3-11(7-14)5-12(4-10)8-14;1-8(2)14(15)16-13-11-4-9-3-10(6-11)7-12(13)5-9;1-8(2)14(15)16-13-7-9-6-12(13)11-5-3-4-10(9)11;1-8(2)12(15)16-7-11(14)17-10-5-3-9(13)4-6-10;1-9(2)12(14)15-8-11(13)16-10-6-4-3-5-7-10;1-8(2)10(11)12-9-6-4-3-5-7-9;1-6(2)9(11)12-5-8(10)13-7(3)4;1-5(2)7(9)11-4-6(8)10-3/h11-13H,1,3-9H2,2H3;10-12H,1,3-8H2,2H3;2*9-13H,1,3-7H2,2H3;10H,1,3-7H2,2H3;10H,1,3-8H2,2H3;9H,1,3-7H2,2H3;7H,1,5H2,2-4H3;1,4H2,2-3H3. The molecule has 18 saturated carbocycles. The summed E-state index contributed by atoms with van der Waals surface area (Å²) in [7, 11) is 1.22. The van der Waals surface area contributed by atoms with Gasteiger partial charge in [-0.05, 0) is 358 Å². The van der Waals surface area contributed by atoms with Crippen molar-refractivity contribution in [3.05, 3.63) is 109 Å². The lowest BCUT2D eigenvalue weighted by atomic mass is 9.54. The molecule has 18 fully saturated rings. The van der Waals surface area contributed by atoms with Crippen LogP contribution < -0.4 is 0 Å². The van der Waals surface area contributed by atoms with Crippen LogP contribution in [0.15, 0.2) is 109 Å². The number of carbonyl (C=O) groups is 15. The highest BCUT2D eigenvalue weighted by atomic mass is 16.6. The highest BCUT2D eigenvalue weighted by Gasteiger charge is 2.57. The fourth-order valence-corrected chi connectivity index (χ4v) is 23.2. The molecule has 0 N–H and O–H groups in total. The molecule has 0 spiro atoms. The summed E-state index contributed by atoms with van der Waals surface area (Å²) in [6.45, 7) is 47.7. The van der Waals surface area contributed by atoms with Crippen molar-refractivity contribution in [3.63, 3.8) is 0 Å². The molecule has 18 aliphatic carbocycles. The largest absolute Gasteiger partial charge is 0.466 e. The minimum absolute atomic E-state index is 0.00443. The Hall–Kier alpha value is -10.1. The molecule has 29 heteroatoms. The SMILES string of the molecule is C=C(C)C(=O)OC12CC3CC(CC(C3)C1)C2.C=C(C)C(=O)OC1C2CC3CC(C2)CC1C3.C=C(C)C(=O)OC1CC2CC1C1CCCC21.C=C(C)C(=O)OC1CCCCC1.C=C(C)C(=O)OCC(=O)OC.C=C(C)C(=O)OCC(=O)OC(C)C.C=C(C)C(=O)OCC(=O)OC12CC3CC(CC(C3)C1)C2.C=C(C)C(=O)OCC(=O)OC1CCC(=O)CC1.C=C(C)C(=O)OCC(=O)OC1CCCCC1. The number of Topliss-reactive ketones (excluding diaryl/α,β-unsaturated/α-hetero) is 1. The van der Waals surface area contributed by atoms with Crippen molar-refractivity contribution < 1.29 is 138 Å². The minimum Gasteiger partial charge on any atom is -0.466 e. The molecular formula is C108H156O29. The number of hydrogen-bond acceptors (Lipinski definition) is 29. The van der Waals surface area contributed by atoms with Crippen molar-refractivity contribution in [1.82, 2.24) is 0 Å². The average Bonchev–Trinajstić information content (AvgIpc) is 1.74. The highest BCUT2D eigenvalue weighted by Crippen LogP contribution is 2.61. The summed E-state index contributed by atoms with van der Waals surface area (Å²) in [5.41, 5.74) is 3.08. The van der Waals surface area contributed by atoms with Gasteiger partial charge in [-0.3, -0.25) is 4.79 Å². The van der Waals surface area contributed by atoms with Gasteiger partial charge in [-0.15, -0.1) is 0 Å². The zero-order chi connectivity index (χ0) is 101. The number of rotatable bonds is 27. The Balaban J connectivity index is 0.000000211. The highest BCUT2D eigenvalue weighted by molar-refractivity contribution is 5.92. The molecule has 14 bridgehead atoms. The second-order valence-corrected chi connectivity index (χ2v) is 41.6. The first-order valence-corrected chi connectivity index (χ1v) is 49.6. The molecule has 0 aromatic carbocycles. The van der Waals surface area contributed by atoms with Gasteiger partial charge in [-0.1, -0.05) is 78.5 Å². The number of ether oxygens (including phenoxy) is 14. The van der Waals surface area contributed by atoms with Gasteiger partial charge in [-0.2, -0.15) is 0 Å². The van der Waals surface area contributed by atoms with Gasteiger partial charge in [0.05, 0.1) is 13.2 Å². The second kappa shape index (κ2) is 55.0. The molecule has 0 aliphatic heterocycles. The van der Waals surface area contributed by atoms with Crippen LogP contribution in [-0.4, -0.2) is 177 Å². The lowest BCUT2D eigenvalue weighted by Crippen LogP contribution is -2.53. The Bertz CT molecular complexity index is 4250. The van der Waals surface area contributed by atoms with E-state index in [2.05, 4.69) is 78.2 Å². The summed E-state index contributed by atoms with van der Waals surface area (Å²) in [6.07, 6.45) is 40.7. The topological polar surface area (TPSA) is 385 Å². The molecule has 5 unspecified atom stereocenters. The van der Waals surface area contributed by atoms with Gasteiger partial charge in [-0.25, -0.2) is 67.1 Å². The van der Waals surface area contributed by atoms with Crippen LogP contribution in [0.3, 0.4) is 0 Å². The maximum absolute atomic E-state index is 11.9. The smallest absolute Gasteiger partial charge is 0.344 e. The number of hydrogen-bond donors (Lipinski definition) is 0. The van der Waals surface area contributed by atoms with Crippen LogP contribution in [0.1, 0.15) is 307 Å². The molecular weight excluding hydrogens is 1760 g/mol. The molecule has 5 atom stereocenters.